The molecule has 6 nitrogen and oxygen atoms in total. The number of furan rings is 1. The fraction of sp³-hybridized carbons (Fsp3) is 0.154. The van der Waals surface area contributed by atoms with Gasteiger partial charge in [-0.05, 0) is 43.2 Å². The number of hydrogen-bond donors (Lipinski definition) is 1. The number of nitrogens with zero attached hydrogens (tertiary/aromatic N) is 1. The van der Waals surface area contributed by atoms with Crippen LogP contribution < -0.4 is 0 Å². The van der Waals surface area contributed by atoms with Crippen LogP contribution in [0.4, 0.5) is 5.69 Å². The molecule has 1 aromatic heterocycles. The zero-order chi connectivity index (χ0) is 14.2. The Morgan fingerprint density at radius 3 is 2.42 bits per heavy atom. The molecule has 1 heterocycles. The number of rotatable bonds is 3. The predicted molar refractivity (Wildman–Crippen MR) is 67.2 cm³/mol. The lowest BCUT2D eigenvalue weighted by Crippen LogP contribution is -1.95. The second-order valence-corrected chi connectivity index (χ2v) is 4.18. The number of nitro benzene ring substituents is 1. The molecule has 0 radical (unpaired) electrons. The van der Waals surface area contributed by atoms with Crippen LogP contribution in [0.5, 0.6) is 0 Å². The lowest BCUT2D eigenvalue weighted by Gasteiger charge is -2.04. The molecule has 0 bridgehead atoms. The summed E-state index contributed by atoms with van der Waals surface area (Å²) in [7, 11) is 0. The Bertz CT molecular complexity index is 672. The van der Waals surface area contributed by atoms with E-state index >= 15 is 0 Å². The van der Waals surface area contributed by atoms with Crippen LogP contribution in [-0.4, -0.2) is 16.0 Å². The largest absolute Gasteiger partial charge is 0.475 e. The summed E-state index contributed by atoms with van der Waals surface area (Å²) >= 11 is 0. The normalized spacial score (nSPS) is 10.4. The van der Waals surface area contributed by atoms with Gasteiger partial charge < -0.3 is 9.52 Å². The molecule has 0 saturated heterocycles. The third-order valence-corrected chi connectivity index (χ3v) is 2.89. The Morgan fingerprint density at radius 1 is 1.26 bits per heavy atom. The SMILES string of the molecule is Cc1cc(-c2ccc(C(=O)O)o2)c([N+](=O)[O-])cc1C. The number of nitro groups is 1. The van der Waals surface area contributed by atoms with Crippen LogP contribution in [0.1, 0.15) is 21.7 Å². The minimum absolute atomic E-state index is 0.102. The Morgan fingerprint density at radius 2 is 1.89 bits per heavy atom. The molecule has 19 heavy (non-hydrogen) atoms. The number of benzene rings is 1. The molecule has 0 atom stereocenters. The molecule has 0 aliphatic carbocycles. The fourth-order valence-electron chi connectivity index (χ4n) is 1.75. The molecule has 0 aliphatic heterocycles. The molecule has 0 saturated carbocycles. The van der Waals surface area contributed by atoms with Gasteiger partial charge >= 0.3 is 5.97 Å². The van der Waals surface area contributed by atoms with Gasteiger partial charge in [0.1, 0.15) is 5.76 Å². The van der Waals surface area contributed by atoms with Crippen molar-refractivity contribution in [1.82, 2.24) is 0 Å². The summed E-state index contributed by atoms with van der Waals surface area (Å²) in [6, 6.07) is 5.77. The fourth-order valence-corrected chi connectivity index (χ4v) is 1.75. The van der Waals surface area contributed by atoms with Gasteiger partial charge in [0.25, 0.3) is 5.69 Å². The summed E-state index contributed by atoms with van der Waals surface area (Å²) < 4.78 is 5.11. The third kappa shape index (κ3) is 2.33. The summed E-state index contributed by atoms with van der Waals surface area (Å²) in [6.45, 7) is 3.60. The first-order valence-electron chi connectivity index (χ1n) is 5.49. The molecule has 98 valence electrons. The number of aromatic carboxylic acids is 1. The first-order chi connectivity index (χ1) is 8.90. The van der Waals surface area contributed by atoms with E-state index in [0.29, 0.717) is 0 Å². The van der Waals surface area contributed by atoms with E-state index in [1.807, 2.05) is 6.92 Å². The van der Waals surface area contributed by atoms with Crippen molar-refractivity contribution in [2.75, 3.05) is 0 Å². The molecule has 2 aromatic rings. The Kier molecular flexibility index (Phi) is 3.08. The van der Waals surface area contributed by atoms with Crippen molar-refractivity contribution in [2.45, 2.75) is 13.8 Å². The Balaban J connectivity index is 2.62. The zero-order valence-corrected chi connectivity index (χ0v) is 10.3. The van der Waals surface area contributed by atoms with E-state index in [2.05, 4.69) is 0 Å². The molecular formula is C13H11NO5. The molecule has 0 amide bonds. The number of carbonyl (C=O) groups is 1. The molecule has 6 heteroatoms. The van der Waals surface area contributed by atoms with Crippen LogP contribution >= 0.6 is 0 Å². The maximum Gasteiger partial charge on any atom is 0.371 e. The highest BCUT2D eigenvalue weighted by Gasteiger charge is 2.20. The molecule has 2 rings (SSSR count). The number of carboxylic acid groups (broad SMARTS) is 1. The summed E-state index contributed by atoms with van der Waals surface area (Å²) in [5.74, 6) is -1.28. The van der Waals surface area contributed by atoms with Crippen LogP contribution in [0.25, 0.3) is 11.3 Å². The first kappa shape index (κ1) is 12.8. The topological polar surface area (TPSA) is 93.6 Å². The summed E-state index contributed by atoms with van der Waals surface area (Å²) in [5.41, 5.74) is 1.84. The quantitative estimate of drug-likeness (QED) is 0.676. The van der Waals surface area contributed by atoms with Crippen LogP contribution in [-0.2, 0) is 0 Å². The van der Waals surface area contributed by atoms with Gasteiger partial charge in [0.2, 0.25) is 5.76 Å². The monoisotopic (exact) mass is 261 g/mol. The van der Waals surface area contributed by atoms with E-state index in [4.69, 9.17) is 9.52 Å². The maximum absolute atomic E-state index is 11.0. The lowest BCUT2D eigenvalue weighted by molar-refractivity contribution is -0.384. The van der Waals surface area contributed by atoms with Gasteiger partial charge in [0.15, 0.2) is 0 Å². The first-order valence-corrected chi connectivity index (χ1v) is 5.49. The van der Waals surface area contributed by atoms with Crippen molar-refractivity contribution in [1.29, 1.82) is 0 Å². The van der Waals surface area contributed by atoms with E-state index in [9.17, 15) is 14.9 Å². The summed E-state index contributed by atoms with van der Waals surface area (Å²) in [6.07, 6.45) is 0. The minimum Gasteiger partial charge on any atom is -0.475 e. The second kappa shape index (κ2) is 4.56. The summed E-state index contributed by atoms with van der Waals surface area (Å²) in [4.78, 5) is 21.3. The minimum atomic E-state index is -1.21. The zero-order valence-electron chi connectivity index (χ0n) is 10.3. The van der Waals surface area contributed by atoms with E-state index in [1.54, 1.807) is 13.0 Å². The maximum atomic E-state index is 11.0. The van der Waals surface area contributed by atoms with Gasteiger partial charge in [-0.15, -0.1) is 0 Å². The Hall–Kier alpha value is -2.63. The van der Waals surface area contributed by atoms with E-state index < -0.39 is 10.9 Å². The highest BCUT2D eigenvalue weighted by molar-refractivity contribution is 5.85. The van der Waals surface area contributed by atoms with Gasteiger partial charge in [-0.2, -0.15) is 0 Å². The molecule has 0 unspecified atom stereocenters. The Labute approximate surface area is 108 Å². The third-order valence-electron chi connectivity index (χ3n) is 2.89. The van der Waals surface area contributed by atoms with Crippen molar-refractivity contribution in [2.24, 2.45) is 0 Å². The van der Waals surface area contributed by atoms with Gasteiger partial charge in [0.05, 0.1) is 10.5 Å². The number of carboxylic acids is 1. The van der Waals surface area contributed by atoms with E-state index in [0.717, 1.165) is 11.1 Å². The second-order valence-electron chi connectivity index (χ2n) is 4.18. The van der Waals surface area contributed by atoms with Gasteiger partial charge in [-0.1, -0.05) is 0 Å². The van der Waals surface area contributed by atoms with Crippen molar-refractivity contribution < 1.29 is 19.2 Å². The molecule has 0 spiro atoms. The van der Waals surface area contributed by atoms with Crippen molar-refractivity contribution in [3.05, 3.63) is 51.3 Å². The molecule has 1 N–H and O–H groups in total. The van der Waals surface area contributed by atoms with Crippen LogP contribution in [0.3, 0.4) is 0 Å². The highest BCUT2D eigenvalue weighted by atomic mass is 16.6. The average molecular weight is 261 g/mol. The average Bonchev–Trinajstić information content (AvgIpc) is 2.81. The van der Waals surface area contributed by atoms with E-state index in [-0.39, 0.29) is 22.8 Å². The number of hydrogen-bond acceptors (Lipinski definition) is 4. The highest BCUT2D eigenvalue weighted by Crippen LogP contribution is 2.33. The van der Waals surface area contributed by atoms with Crippen LogP contribution in [0.2, 0.25) is 0 Å². The van der Waals surface area contributed by atoms with Crippen molar-refractivity contribution in [3.8, 4) is 11.3 Å². The molecule has 0 aliphatic rings. The molecular weight excluding hydrogens is 250 g/mol. The van der Waals surface area contributed by atoms with Gasteiger partial charge in [-0.3, -0.25) is 10.1 Å². The standard InChI is InChI=1S/C13H11NO5/c1-7-5-9(10(14(17)18)6-8(7)2)11-3-4-12(19-11)13(15)16/h3-6H,1-2H3,(H,15,16). The van der Waals surface area contributed by atoms with Crippen molar-refractivity contribution in [3.63, 3.8) is 0 Å². The molecule has 0 fully saturated rings. The van der Waals surface area contributed by atoms with Gasteiger partial charge in [-0.25, -0.2) is 4.79 Å². The van der Waals surface area contributed by atoms with Crippen molar-refractivity contribution >= 4 is 11.7 Å². The van der Waals surface area contributed by atoms with E-state index in [1.165, 1.54) is 18.2 Å². The smallest absolute Gasteiger partial charge is 0.371 e. The van der Waals surface area contributed by atoms with Crippen LogP contribution in [0, 0.1) is 24.0 Å². The van der Waals surface area contributed by atoms with Gasteiger partial charge in [0, 0.05) is 6.07 Å². The predicted octanol–water partition coefficient (Wildman–Crippen LogP) is 3.17. The number of aryl methyl sites for hydroxylation is 2. The molecule has 1 aromatic carbocycles. The lowest BCUT2D eigenvalue weighted by atomic mass is 10.0. The summed E-state index contributed by atoms with van der Waals surface area (Å²) in [5, 5.41) is 19.8. The van der Waals surface area contributed by atoms with Crippen LogP contribution in [0.15, 0.2) is 28.7 Å².